The molecule has 0 radical (unpaired) electrons. The van der Waals surface area contributed by atoms with Gasteiger partial charge in [-0.25, -0.2) is 9.78 Å². The van der Waals surface area contributed by atoms with Crippen molar-refractivity contribution in [3.05, 3.63) is 30.1 Å². The Balaban J connectivity index is 2.08. The minimum absolute atomic E-state index is 0.108. The summed E-state index contributed by atoms with van der Waals surface area (Å²) >= 11 is 0. The van der Waals surface area contributed by atoms with Gasteiger partial charge in [-0.1, -0.05) is 6.92 Å². The maximum atomic E-state index is 11.4. The van der Waals surface area contributed by atoms with Gasteiger partial charge in [-0.3, -0.25) is 0 Å². The number of rotatable bonds is 6. The van der Waals surface area contributed by atoms with Crippen molar-refractivity contribution in [2.75, 3.05) is 13.1 Å². The first-order valence-corrected chi connectivity index (χ1v) is 7.20. The molecule has 5 nitrogen and oxygen atoms in total. The van der Waals surface area contributed by atoms with Crippen molar-refractivity contribution in [3.8, 4) is 0 Å². The predicted molar refractivity (Wildman–Crippen MR) is 80.8 cm³/mol. The van der Waals surface area contributed by atoms with Crippen LogP contribution in [0.1, 0.15) is 25.8 Å². The second-order valence-electron chi connectivity index (χ2n) is 4.76. The number of fused-ring (bicyclic) bond motifs is 1. The Hall–Kier alpha value is -2.04. The lowest BCUT2D eigenvalue weighted by Crippen LogP contribution is -2.36. The summed E-state index contributed by atoms with van der Waals surface area (Å²) in [5.74, 6) is 0. The smallest absolute Gasteiger partial charge is 0.314 e. The lowest BCUT2D eigenvalue weighted by atomic mass is 10.1. The molecule has 0 aliphatic heterocycles. The fraction of sp³-hybridized carbons (Fsp3) is 0.467. The molecule has 0 saturated carbocycles. The number of hydrogen-bond acceptors (Lipinski definition) is 2. The van der Waals surface area contributed by atoms with Crippen molar-refractivity contribution in [3.63, 3.8) is 0 Å². The van der Waals surface area contributed by atoms with E-state index in [9.17, 15) is 4.79 Å². The number of aryl methyl sites for hydroxylation is 1. The van der Waals surface area contributed by atoms with Crippen molar-refractivity contribution in [1.29, 1.82) is 0 Å². The molecule has 0 fully saturated rings. The molecule has 2 amide bonds. The molecule has 2 heterocycles. The summed E-state index contributed by atoms with van der Waals surface area (Å²) in [5, 5.41) is 6.76. The van der Waals surface area contributed by atoms with Crippen molar-refractivity contribution in [2.45, 2.75) is 33.2 Å². The molecule has 108 valence electrons. The maximum absolute atomic E-state index is 11.4. The van der Waals surface area contributed by atoms with Crippen LogP contribution in [0.4, 0.5) is 4.79 Å². The van der Waals surface area contributed by atoms with Crippen LogP contribution in [0, 0.1) is 0 Å². The number of nitrogens with one attached hydrogen (secondary N) is 2. The van der Waals surface area contributed by atoms with Gasteiger partial charge in [-0.05, 0) is 37.5 Å². The van der Waals surface area contributed by atoms with Crippen LogP contribution in [0.3, 0.4) is 0 Å². The number of carbonyl (C=O) groups excluding carboxylic acids is 1. The quantitative estimate of drug-likeness (QED) is 0.849. The highest BCUT2D eigenvalue weighted by atomic mass is 16.2. The summed E-state index contributed by atoms with van der Waals surface area (Å²) in [6.45, 7) is 6.31. The third kappa shape index (κ3) is 3.29. The summed E-state index contributed by atoms with van der Waals surface area (Å²) in [6.07, 6.45) is 5.87. The van der Waals surface area contributed by atoms with Gasteiger partial charge in [-0.15, -0.1) is 0 Å². The average Bonchev–Trinajstić information content (AvgIpc) is 2.79. The largest absolute Gasteiger partial charge is 0.338 e. The molecule has 0 aliphatic rings. The fourth-order valence-electron chi connectivity index (χ4n) is 2.34. The molecule has 0 atom stereocenters. The molecule has 0 unspecified atom stereocenters. The van der Waals surface area contributed by atoms with E-state index in [1.54, 1.807) is 0 Å². The minimum Gasteiger partial charge on any atom is -0.338 e. The first kappa shape index (κ1) is 14.4. The number of aromatic nitrogens is 2. The molecule has 0 bridgehead atoms. The highest BCUT2D eigenvalue weighted by Gasteiger charge is 2.08. The number of hydrogen-bond donors (Lipinski definition) is 2. The SMILES string of the molecule is CCCn1cc(CCNC(=O)NCC)c2cccnc21. The van der Waals surface area contributed by atoms with E-state index in [2.05, 4.69) is 39.4 Å². The Labute approximate surface area is 119 Å². The number of urea groups is 1. The first-order valence-electron chi connectivity index (χ1n) is 7.20. The summed E-state index contributed by atoms with van der Waals surface area (Å²) in [7, 11) is 0. The Bertz CT molecular complexity index is 576. The van der Waals surface area contributed by atoms with Crippen molar-refractivity contribution < 1.29 is 4.79 Å². The number of pyridine rings is 1. The van der Waals surface area contributed by atoms with Gasteiger partial charge in [0.2, 0.25) is 0 Å². The standard InChI is InChI=1S/C15H22N4O/c1-3-10-19-11-12(7-9-18-15(20)16-4-2)13-6-5-8-17-14(13)19/h5-6,8,11H,3-4,7,9-10H2,1-2H3,(H2,16,18,20). The predicted octanol–water partition coefficient (Wildman–Crippen LogP) is 2.31. The van der Waals surface area contributed by atoms with Crippen molar-refractivity contribution >= 4 is 17.1 Å². The van der Waals surface area contributed by atoms with Crippen LogP contribution in [0.15, 0.2) is 24.5 Å². The highest BCUT2D eigenvalue weighted by Crippen LogP contribution is 2.19. The van der Waals surface area contributed by atoms with Crippen LogP contribution in [0.25, 0.3) is 11.0 Å². The Kier molecular flexibility index (Phi) is 4.98. The van der Waals surface area contributed by atoms with E-state index < -0.39 is 0 Å². The molecule has 2 N–H and O–H groups in total. The second-order valence-corrected chi connectivity index (χ2v) is 4.76. The zero-order valence-corrected chi connectivity index (χ0v) is 12.1. The van der Waals surface area contributed by atoms with Crippen LogP contribution in [0.2, 0.25) is 0 Å². The molecule has 2 aromatic rings. The monoisotopic (exact) mass is 274 g/mol. The van der Waals surface area contributed by atoms with Crippen LogP contribution in [0.5, 0.6) is 0 Å². The minimum atomic E-state index is -0.108. The first-order chi connectivity index (χ1) is 9.76. The summed E-state index contributed by atoms with van der Waals surface area (Å²) in [4.78, 5) is 15.8. The summed E-state index contributed by atoms with van der Waals surface area (Å²) in [6, 6.07) is 3.94. The lowest BCUT2D eigenvalue weighted by Gasteiger charge is -2.04. The average molecular weight is 274 g/mol. The number of nitrogens with zero attached hydrogens (tertiary/aromatic N) is 2. The fourth-order valence-corrected chi connectivity index (χ4v) is 2.34. The van der Waals surface area contributed by atoms with Crippen molar-refractivity contribution in [1.82, 2.24) is 20.2 Å². The van der Waals surface area contributed by atoms with Gasteiger partial charge >= 0.3 is 6.03 Å². The molecule has 0 saturated heterocycles. The van der Waals surface area contributed by atoms with E-state index in [1.165, 1.54) is 10.9 Å². The van der Waals surface area contributed by atoms with Crippen LogP contribution in [-0.2, 0) is 13.0 Å². The van der Waals surface area contributed by atoms with Crippen molar-refractivity contribution in [2.24, 2.45) is 0 Å². The van der Waals surface area contributed by atoms with E-state index in [0.717, 1.165) is 25.0 Å². The summed E-state index contributed by atoms with van der Waals surface area (Å²) in [5.41, 5.74) is 2.26. The van der Waals surface area contributed by atoms with Crippen LogP contribution >= 0.6 is 0 Å². The van der Waals surface area contributed by atoms with Gasteiger partial charge in [0.05, 0.1) is 0 Å². The van der Waals surface area contributed by atoms with Gasteiger partial charge in [0.15, 0.2) is 0 Å². The van der Waals surface area contributed by atoms with E-state index in [-0.39, 0.29) is 6.03 Å². The molecule has 2 rings (SSSR count). The topological polar surface area (TPSA) is 59.0 Å². The molecule has 2 aromatic heterocycles. The maximum Gasteiger partial charge on any atom is 0.314 e. The van der Waals surface area contributed by atoms with E-state index in [0.29, 0.717) is 13.1 Å². The molecule has 0 aliphatic carbocycles. The van der Waals surface area contributed by atoms with E-state index in [4.69, 9.17) is 0 Å². The van der Waals surface area contributed by atoms with Crippen LogP contribution < -0.4 is 10.6 Å². The van der Waals surface area contributed by atoms with Gasteiger partial charge < -0.3 is 15.2 Å². The lowest BCUT2D eigenvalue weighted by molar-refractivity contribution is 0.241. The van der Waals surface area contributed by atoms with E-state index in [1.807, 2.05) is 19.2 Å². The number of amides is 2. The third-order valence-electron chi connectivity index (χ3n) is 3.20. The number of carbonyl (C=O) groups is 1. The molecular weight excluding hydrogens is 252 g/mol. The molecule has 20 heavy (non-hydrogen) atoms. The van der Waals surface area contributed by atoms with E-state index >= 15 is 0 Å². The highest BCUT2D eigenvalue weighted by molar-refractivity contribution is 5.80. The van der Waals surface area contributed by atoms with Gasteiger partial charge in [0, 0.05) is 37.4 Å². The van der Waals surface area contributed by atoms with Gasteiger partial charge in [0.1, 0.15) is 5.65 Å². The summed E-state index contributed by atoms with van der Waals surface area (Å²) < 4.78 is 2.19. The zero-order valence-electron chi connectivity index (χ0n) is 12.1. The molecular formula is C15H22N4O. The normalized spacial score (nSPS) is 10.7. The molecule has 0 spiro atoms. The second kappa shape index (κ2) is 6.93. The molecule has 5 heteroatoms. The van der Waals surface area contributed by atoms with Gasteiger partial charge in [0.25, 0.3) is 0 Å². The third-order valence-corrected chi connectivity index (χ3v) is 3.20. The van der Waals surface area contributed by atoms with Gasteiger partial charge in [-0.2, -0.15) is 0 Å². The Morgan fingerprint density at radius 1 is 1.35 bits per heavy atom. The van der Waals surface area contributed by atoms with Crippen LogP contribution in [-0.4, -0.2) is 28.7 Å². The zero-order chi connectivity index (χ0) is 14.4. The molecule has 0 aromatic carbocycles. The Morgan fingerprint density at radius 2 is 2.20 bits per heavy atom. The Morgan fingerprint density at radius 3 is 2.95 bits per heavy atom.